The first kappa shape index (κ1) is 15.4. The van der Waals surface area contributed by atoms with Gasteiger partial charge in [-0.25, -0.2) is 0 Å². The minimum Gasteiger partial charge on any atom is -0.299 e. The van der Waals surface area contributed by atoms with Crippen molar-refractivity contribution in [2.24, 2.45) is 11.8 Å². The zero-order valence-electron chi connectivity index (χ0n) is 15.3. The highest BCUT2D eigenvalue weighted by atomic mass is 16.1. The maximum absolute atomic E-state index is 12.6. The molecule has 0 aliphatic heterocycles. The van der Waals surface area contributed by atoms with E-state index < -0.39 is 0 Å². The molecule has 0 saturated heterocycles. The Balaban J connectivity index is 1.55. The number of benzene rings is 3. The van der Waals surface area contributed by atoms with Crippen molar-refractivity contribution >= 4 is 16.6 Å². The molecule has 2 bridgehead atoms. The monoisotopic (exact) mass is 350 g/mol. The fraction of sp³-hybridized carbons (Fsp3) is 0.269. The Kier molecular flexibility index (Phi) is 3.09. The van der Waals surface area contributed by atoms with Crippen molar-refractivity contribution in [1.29, 1.82) is 0 Å². The van der Waals surface area contributed by atoms with Crippen LogP contribution in [-0.2, 0) is 16.6 Å². The fourth-order valence-electron chi connectivity index (χ4n) is 5.95. The average Bonchev–Trinajstić information content (AvgIpc) is 3.28. The van der Waals surface area contributed by atoms with Crippen LogP contribution in [0.2, 0.25) is 0 Å². The number of fused-ring (bicyclic) bond motifs is 6. The van der Waals surface area contributed by atoms with Gasteiger partial charge in [0.2, 0.25) is 0 Å². The highest BCUT2D eigenvalue weighted by Gasteiger charge is 2.52. The van der Waals surface area contributed by atoms with Crippen LogP contribution < -0.4 is 0 Å². The molecule has 3 unspecified atom stereocenters. The van der Waals surface area contributed by atoms with Crippen molar-refractivity contribution < 1.29 is 4.79 Å². The summed E-state index contributed by atoms with van der Waals surface area (Å²) in [5.74, 6) is 1.63. The molecule has 1 spiro atoms. The van der Waals surface area contributed by atoms with Gasteiger partial charge in [-0.3, -0.25) is 4.79 Å². The van der Waals surface area contributed by atoms with E-state index in [0.29, 0.717) is 24.0 Å². The molecule has 3 atom stereocenters. The van der Waals surface area contributed by atoms with Crippen LogP contribution in [0, 0.1) is 11.8 Å². The summed E-state index contributed by atoms with van der Waals surface area (Å²) >= 11 is 0. The molecule has 0 heterocycles. The second-order valence-corrected chi connectivity index (χ2v) is 8.68. The molecule has 1 fully saturated rings. The third kappa shape index (κ3) is 2.21. The van der Waals surface area contributed by atoms with Crippen molar-refractivity contribution in [2.45, 2.75) is 31.1 Å². The summed E-state index contributed by atoms with van der Waals surface area (Å²) < 4.78 is 0. The molecule has 27 heavy (non-hydrogen) atoms. The second-order valence-electron chi connectivity index (χ2n) is 8.68. The summed E-state index contributed by atoms with van der Waals surface area (Å²) in [6.07, 6.45) is 8.49. The van der Waals surface area contributed by atoms with Gasteiger partial charge in [-0.05, 0) is 63.8 Å². The second kappa shape index (κ2) is 5.42. The SMILES string of the molecule is O=C1Cc2cc3ccc(-c4ccccc4)cc3cc2C2(C1)CC1C=CC2C1. The Morgan fingerprint density at radius 3 is 2.52 bits per heavy atom. The van der Waals surface area contributed by atoms with Crippen LogP contribution in [0.3, 0.4) is 0 Å². The standard InChI is InChI=1S/C26H22O/c27-24-13-22-12-20-8-7-19(18-4-2-1-3-5-18)11-21(20)14-25(22)26(16-24)15-17-6-9-23(26)10-17/h1-9,11-12,14,17,23H,10,13,15-16H2. The van der Waals surface area contributed by atoms with E-state index in [1.54, 1.807) is 0 Å². The predicted octanol–water partition coefficient (Wildman–Crippen LogP) is 5.86. The number of allylic oxidation sites excluding steroid dienone is 2. The van der Waals surface area contributed by atoms with Gasteiger partial charge in [0.15, 0.2) is 0 Å². The molecular weight excluding hydrogens is 328 g/mol. The predicted molar refractivity (Wildman–Crippen MR) is 110 cm³/mol. The van der Waals surface area contributed by atoms with Gasteiger partial charge < -0.3 is 0 Å². The van der Waals surface area contributed by atoms with Crippen molar-refractivity contribution in [1.82, 2.24) is 0 Å². The zero-order chi connectivity index (χ0) is 18.0. The van der Waals surface area contributed by atoms with E-state index in [1.165, 1.54) is 39.4 Å². The van der Waals surface area contributed by atoms with E-state index in [0.717, 1.165) is 12.8 Å². The van der Waals surface area contributed by atoms with Crippen LogP contribution in [0.15, 0.2) is 72.8 Å². The van der Waals surface area contributed by atoms with Gasteiger partial charge in [-0.2, -0.15) is 0 Å². The van der Waals surface area contributed by atoms with Crippen LogP contribution in [0.5, 0.6) is 0 Å². The lowest BCUT2D eigenvalue weighted by Crippen LogP contribution is -2.38. The first-order valence-electron chi connectivity index (χ1n) is 10.0. The van der Waals surface area contributed by atoms with E-state index in [9.17, 15) is 4.79 Å². The zero-order valence-corrected chi connectivity index (χ0v) is 15.3. The van der Waals surface area contributed by atoms with Gasteiger partial charge in [-0.1, -0.05) is 66.7 Å². The molecular formula is C26H22O. The Morgan fingerprint density at radius 1 is 0.852 bits per heavy atom. The number of hydrogen-bond acceptors (Lipinski definition) is 1. The highest BCUT2D eigenvalue weighted by molar-refractivity contribution is 5.92. The number of carbonyl (C=O) groups excluding carboxylic acids is 1. The lowest BCUT2D eigenvalue weighted by Gasteiger charge is -2.40. The molecule has 6 rings (SSSR count). The van der Waals surface area contributed by atoms with Gasteiger partial charge >= 0.3 is 0 Å². The van der Waals surface area contributed by atoms with Crippen molar-refractivity contribution in [2.75, 3.05) is 0 Å². The number of ketones is 1. The number of Topliss-reactive ketones (excluding diaryl/α,β-unsaturated/α-hetero) is 1. The molecule has 0 N–H and O–H groups in total. The summed E-state index contributed by atoms with van der Waals surface area (Å²) in [5, 5.41) is 2.55. The molecule has 1 nitrogen and oxygen atoms in total. The van der Waals surface area contributed by atoms with Crippen molar-refractivity contribution in [3.63, 3.8) is 0 Å². The molecule has 0 amide bonds. The third-order valence-electron chi connectivity index (χ3n) is 7.11. The summed E-state index contributed by atoms with van der Waals surface area (Å²) in [7, 11) is 0. The number of carbonyl (C=O) groups is 1. The topological polar surface area (TPSA) is 17.1 Å². The molecule has 1 heteroatoms. The van der Waals surface area contributed by atoms with Crippen LogP contribution >= 0.6 is 0 Å². The minimum atomic E-state index is 0.0566. The van der Waals surface area contributed by atoms with Gasteiger partial charge in [-0.15, -0.1) is 0 Å². The summed E-state index contributed by atoms with van der Waals surface area (Å²) in [4.78, 5) is 12.6. The van der Waals surface area contributed by atoms with Gasteiger partial charge in [0, 0.05) is 18.3 Å². The number of rotatable bonds is 1. The van der Waals surface area contributed by atoms with Crippen LogP contribution in [0.4, 0.5) is 0 Å². The molecule has 3 aromatic rings. The smallest absolute Gasteiger partial charge is 0.138 e. The minimum absolute atomic E-state index is 0.0566. The van der Waals surface area contributed by atoms with Crippen LogP contribution in [0.25, 0.3) is 21.9 Å². The first-order valence-corrected chi connectivity index (χ1v) is 10.0. The summed E-state index contributed by atoms with van der Waals surface area (Å²) in [6, 6.07) is 22.0. The Hall–Kier alpha value is -2.67. The Bertz CT molecular complexity index is 1110. The van der Waals surface area contributed by atoms with Gasteiger partial charge in [0.1, 0.15) is 5.78 Å². The molecule has 3 aromatic carbocycles. The molecule has 3 aliphatic rings. The molecule has 0 radical (unpaired) electrons. The third-order valence-corrected chi connectivity index (χ3v) is 7.11. The van der Waals surface area contributed by atoms with E-state index in [4.69, 9.17) is 0 Å². The fourth-order valence-corrected chi connectivity index (χ4v) is 5.95. The van der Waals surface area contributed by atoms with E-state index in [-0.39, 0.29) is 5.41 Å². The maximum Gasteiger partial charge on any atom is 0.138 e. The highest BCUT2D eigenvalue weighted by Crippen LogP contribution is 2.58. The average molecular weight is 350 g/mol. The normalized spacial score (nSPS) is 28.2. The lowest BCUT2D eigenvalue weighted by molar-refractivity contribution is -0.120. The van der Waals surface area contributed by atoms with Crippen LogP contribution in [-0.4, -0.2) is 5.78 Å². The molecule has 132 valence electrons. The van der Waals surface area contributed by atoms with E-state index in [1.807, 2.05) is 0 Å². The molecule has 3 aliphatic carbocycles. The Morgan fingerprint density at radius 2 is 1.74 bits per heavy atom. The van der Waals surface area contributed by atoms with Gasteiger partial charge in [0.05, 0.1) is 0 Å². The van der Waals surface area contributed by atoms with E-state index >= 15 is 0 Å². The summed E-state index contributed by atoms with van der Waals surface area (Å²) in [5.41, 5.74) is 5.30. The van der Waals surface area contributed by atoms with E-state index in [2.05, 4.69) is 72.8 Å². The van der Waals surface area contributed by atoms with Crippen LogP contribution in [0.1, 0.15) is 30.4 Å². The maximum atomic E-state index is 12.6. The first-order chi connectivity index (χ1) is 13.2. The van der Waals surface area contributed by atoms with Crippen molar-refractivity contribution in [3.05, 3.63) is 83.9 Å². The van der Waals surface area contributed by atoms with Crippen molar-refractivity contribution in [3.8, 4) is 11.1 Å². The summed E-state index contributed by atoms with van der Waals surface area (Å²) in [6.45, 7) is 0. The largest absolute Gasteiger partial charge is 0.299 e. The number of hydrogen-bond donors (Lipinski definition) is 0. The molecule has 1 saturated carbocycles. The lowest BCUT2D eigenvalue weighted by atomic mass is 9.62. The Labute approximate surface area is 159 Å². The quantitative estimate of drug-likeness (QED) is 0.503. The van der Waals surface area contributed by atoms with Gasteiger partial charge in [0.25, 0.3) is 0 Å². The molecule has 0 aromatic heterocycles.